The first-order valence-corrected chi connectivity index (χ1v) is 10.6. The van der Waals surface area contributed by atoms with Gasteiger partial charge >= 0.3 is 0 Å². The number of nitrogens with zero attached hydrogens (tertiary/aromatic N) is 3. The second kappa shape index (κ2) is 8.12. The Balaban J connectivity index is 1.39. The van der Waals surface area contributed by atoms with Crippen molar-refractivity contribution in [2.45, 2.75) is 11.4 Å². The Morgan fingerprint density at radius 3 is 2.48 bits per heavy atom. The molecular formula is C24H18N4O2S. The van der Waals surface area contributed by atoms with Crippen molar-refractivity contribution in [2.75, 3.05) is 4.72 Å². The second-order valence-electron chi connectivity index (χ2n) is 7.05. The Hall–Kier alpha value is -3.84. The first-order chi connectivity index (χ1) is 15.2. The molecule has 2 heterocycles. The monoisotopic (exact) mass is 426 g/mol. The molecule has 6 nitrogen and oxygen atoms in total. The van der Waals surface area contributed by atoms with E-state index in [2.05, 4.69) is 9.71 Å². The molecule has 0 saturated heterocycles. The van der Waals surface area contributed by atoms with Gasteiger partial charge in [0.05, 0.1) is 23.6 Å². The van der Waals surface area contributed by atoms with E-state index in [-0.39, 0.29) is 17.9 Å². The molecule has 31 heavy (non-hydrogen) atoms. The van der Waals surface area contributed by atoms with E-state index < -0.39 is 0 Å². The molecule has 5 aromatic rings. The number of anilines is 1. The fourth-order valence-electron chi connectivity index (χ4n) is 3.51. The van der Waals surface area contributed by atoms with Gasteiger partial charge < -0.3 is 4.72 Å². The topological polar surface area (TPSA) is 68.4 Å². The number of carbonyl (C=O) groups is 1. The van der Waals surface area contributed by atoms with Gasteiger partial charge in [0, 0.05) is 16.1 Å². The van der Waals surface area contributed by atoms with Crippen LogP contribution in [0.3, 0.4) is 0 Å². The molecule has 3 aromatic carbocycles. The van der Waals surface area contributed by atoms with Crippen molar-refractivity contribution in [2.24, 2.45) is 0 Å². The van der Waals surface area contributed by atoms with E-state index in [0.717, 1.165) is 16.1 Å². The number of rotatable bonds is 6. The number of aromatic nitrogens is 3. The van der Waals surface area contributed by atoms with Crippen LogP contribution in [0.4, 0.5) is 5.69 Å². The average molecular weight is 427 g/mol. The largest absolute Gasteiger partial charge is 0.326 e. The maximum atomic E-state index is 13.0. The molecule has 0 radical (unpaired) electrons. The molecule has 0 bridgehead atoms. The average Bonchev–Trinajstić information content (AvgIpc) is 3.31. The molecule has 0 fully saturated rings. The van der Waals surface area contributed by atoms with Gasteiger partial charge in [-0.05, 0) is 60.5 Å². The molecule has 0 unspecified atom stereocenters. The molecule has 5 rings (SSSR count). The third-order valence-electron chi connectivity index (χ3n) is 5.07. The Bertz CT molecular complexity index is 1440. The zero-order chi connectivity index (χ0) is 21.2. The third kappa shape index (κ3) is 3.71. The van der Waals surface area contributed by atoms with Crippen molar-refractivity contribution < 1.29 is 4.79 Å². The minimum absolute atomic E-state index is 0.0512. The fraction of sp³-hybridized carbons (Fsp3) is 0.0417. The summed E-state index contributed by atoms with van der Waals surface area (Å²) in [4.78, 5) is 31.3. The molecule has 0 atom stereocenters. The van der Waals surface area contributed by atoms with E-state index >= 15 is 0 Å². The van der Waals surface area contributed by atoms with Crippen molar-refractivity contribution in [1.29, 1.82) is 0 Å². The molecule has 0 aliphatic rings. The zero-order valence-corrected chi connectivity index (χ0v) is 17.3. The summed E-state index contributed by atoms with van der Waals surface area (Å²) in [6.45, 7) is -0.0512. The van der Waals surface area contributed by atoms with Crippen molar-refractivity contribution in [3.8, 4) is 0 Å². The number of imidazole rings is 1. The highest BCUT2D eigenvalue weighted by Crippen LogP contribution is 2.21. The molecular weight excluding hydrogens is 408 g/mol. The Morgan fingerprint density at radius 2 is 1.68 bits per heavy atom. The van der Waals surface area contributed by atoms with Gasteiger partial charge in [-0.3, -0.25) is 18.6 Å². The van der Waals surface area contributed by atoms with Crippen LogP contribution in [0.15, 0.2) is 101 Å². The van der Waals surface area contributed by atoms with Crippen LogP contribution in [0, 0.1) is 0 Å². The number of benzene rings is 3. The Kier molecular flexibility index (Phi) is 5.01. The summed E-state index contributed by atoms with van der Waals surface area (Å²) in [5, 5.41) is 0.554. The smallest absolute Gasteiger partial charge is 0.262 e. The molecule has 0 aliphatic heterocycles. The first kappa shape index (κ1) is 19.1. The van der Waals surface area contributed by atoms with Gasteiger partial charge in [-0.15, -0.1) is 0 Å². The number of Topliss-reactive ketones (excluding diaryl/α,β-unsaturated/α-hetero) is 1. The minimum Gasteiger partial charge on any atom is -0.326 e. The highest BCUT2D eigenvalue weighted by Gasteiger charge is 2.14. The molecule has 7 heteroatoms. The highest BCUT2D eigenvalue weighted by atomic mass is 32.2. The SMILES string of the molecule is O=C(Cn1c(=O)c2ccccc2n2cncc12)c1ccc(NSc2ccccc2)cc1. The summed E-state index contributed by atoms with van der Waals surface area (Å²) in [5.74, 6) is -0.136. The predicted octanol–water partition coefficient (Wildman–Crippen LogP) is 4.65. The number of hydrogen-bond acceptors (Lipinski definition) is 5. The van der Waals surface area contributed by atoms with Gasteiger partial charge in [-0.2, -0.15) is 0 Å². The maximum Gasteiger partial charge on any atom is 0.262 e. The molecule has 0 amide bonds. The van der Waals surface area contributed by atoms with Crippen LogP contribution in [-0.4, -0.2) is 19.7 Å². The van der Waals surface area contributed by atoms with E-state index in [4.69, 9.17) is 0 Å². The number of para-hydroxylation sites is 1. The van der Waals surface area contributed by atoms with Crippen LogP contribution in [0.5, 0.6) is 0 Å². The maximum absolute atomic E-state index is 13.0. The van der Waals surface area contributed by atoms with E-state index in [0.29, 0.717) is 16.6 Å². The summed E-state index contributed by atoms with van der Waals surface area (Å²) in [6.07, 6.45) is 3.26. The van der Waals surface area contributed by atoms with Crippen LogP contribution < -0.4 is 10.3 Å². The Morgan fingerprint density at radius 1 is 0.935 bits per heavy atom. The molecule has 2 aromatic heterocycles. The van der Waals surface area contributed by atoms with Crippen molar-refractivity contribution in [3.63, 3.8) is 0 Å². The van der Waals surface area contributed by atoms with Gasteiger partial charge in [0.1, 0.15) is 12.0 Å². The van der Waals surface area contributed by atoms with Crippen LogP contribution in [0.2, 0.25) is 0 Å². The normalized spacial score (nSPS) is 11.1. The van der Waals surface area contributed by atoms with Crippen LogP contribution in [-0.2, 0) is 6.54 Å². The summed E-state index contributed by atoms with van der Waals surface area (Å²) in [6, 6.07) is 24.6. The quantitative estimate of drug-likeness (QED) is 0.316. The molecule has 152 valence electrons. The standard InChI is InChI=1S/C24H18N4O2S/c29-22(17-10-12-18(13-11-17)26-31-19-6-2-1-3-7-19)15-27-23-14-25-16-28(23)21-9-5-4-8-20(21)24(27)30/h1-14,16,26H,15H2. The fourth-order valence-corrected chi connectivity index (χ4v) is 4.17. The van der Waals surface area contributed by atoms with Gasteiger partial charge in [-0.1, -0.05) is 30.3 Å². The van der Waals surface area contributed by atoms with E-state index in [1.165, 1.54) is 16.5 Å². The summed E-state index contributed by atoms with van der Waals surface area (Å²) < 4.78 is 6.58. The number of ketones is 1. The molecule has 0 spiro atoms. The van der Waals surface area contributed by atoms with Gasteiger partial charge in [0.15, 0.2) is 5.78 Å². The van der Waals surface area contributed by atoms with E-state index in [9.17, 15) is 9.59 Å². The number of carbonyl (C=O) groups excluding carboxylic acids is 1. The lowest BCUT2D eigenvalue weighted by molar-refractivity contribution is 0.0972. The van der Waals surface area contributed by atoms with Crippen molar-refractivity contribution in [1.82, 2.24) is 14.0 Å². The lowest BCUT2D eigenvalue weighted by atomic mass is 10.1. The highest BCUT2D eigenvalue weighted by molar-refractivity contribution is 8.00. The van der Waals surface area contributed by atoms with Gasteiger partial charge in [0.25, 0.3) is 5.56 Å². The first-order valence-electron chi connectivity index (χ1n) is 9.75. The lowest BCUT2D eigenvalue weighted by Crippen LogP contribution is -2.26. The minimum atomic E-state index is -0.200. The third-order valence-corrected chi connectivity index (χ3v) is 5.92. The summed E-state index contributed by atoms with van der Waals surface area (Å²) >= 11 is 1.51. The Labute approximate surface area is 182 Å². The number of fused-ring (bicyclic) bond motifs is 3. The zero-order valence-electron chi connectivity index (χ0n) is 16.4. The molecule has 0 saturated carbocycles. The lowest BCUT2D eigenvalue weighted by Gasteiger charge is -2.11. The summed E-state index contributed by atoms with van der Waals surface area (Å²) in [5.41, 5.74) is 2.61. The number of hydrogen-bond donors (Lipinski definition) is 1. The van der Waals surface area contributed by atoms with E-state index in [1.807, 2.05) is 65.1 Å². The summed E-state index contributed by atoms with van der Waals surface area (Å²) in [7, 11) is 0. The van der Waals surface area contributed by atoms with Crippen LogP contribution in [0.1, 0.15) is 10.4 Å². The van der Waals surface area contributed by atoms with Gasteiger partial charge in [-0.25, -0.2) is 4.98 Å². The molecule has 0 aliphatic carbocycles. The van der Waals surface area contributed by atoms with Crippen LogP contribution in [0.25, 0.3) is 16.6 Å². The number of nitrogens with one attached hydrogen (secondary N) is 1. The van der Waals surface area contributed by atoms with Crippen molar-refractivity contribution in [3.05, 3.63) is 107 Å². The van der Waals surface area contributed by atoms with Crippen LogP contribution >= 0.6 is 11.9 Å². The van der Waals surface area contributed by atoms with E-state index in [1.54, 1.807) is 30.7 Å². The van der Waals surface area contributed by atoms with Gasteiger partial charge in [0.2, 0.25) is 0 Å². The molecule has 1 N–H and O–H groups in total. The van der Waals surface area contributed by atoms with Crippen molar-refractivity contribution >= 4 is 40.0 Å². The predicted molar refractivity (Wildman–Crippen MR) is 124 cm³/mol. The second-order valence-corrected chi connectivity index (χ2v) is 7.93.